The molecule has 0 saturated heterocycles. The summed E-state index contributed by atoms with van der Waals surface area (Å²) in [6.45, 7) is 2.16. The topological polar surface area (TPSA) is 53.7 Å². The van der Waals surface area contributed by atoms with E-state index < -0.39 is 12.0 Å². The summed E-state index contributed by atoms with van der Waals surface area (Å²) >= 11 is 0. The van der Waals surface area contributed by atoms with Crippen molar-refractivity contribution in [1.29, 1.82) is 0 Å². The third-order valence-electron chi connectivity index (χ3n) is 2.00. The number of nitrogens with zero attached hydrogens (tertiary/aromatic N) is 1. The third kappa shape index (κ3) is 2.59. The number of aliphatic carboxylic acids is 1. The zero-order valence-corrected chi connectivity index (χ0v) is 7.73. The second kappa shape index (κ2) is 4.09. The van der Waals surface area contributed by atoms with Gasteiger partial charge in [-0.2, -0.15) is 0 Å². The van der Waals surface area contributed by atoms with Gasteiger partial charge in [-0.25, -0.2) is 0 Å². The molecule has 0 aliphatic rings. The predicted molar refractivity (Wildman–Crippen MR) is 47.3 cm³/mol. The lowest BCUT2D eigenvalue weighted by molar-refractivity contribution is -0.142. The monoisotopic (exact) mass is 183 g/mol. The van der Waals surface area contributed by atoms with Crippen molar-refractivity contribution in [3.8, 4) is 0 Å². The van der Waals surface area contributed by atoms with Gasteiger partial charge in [-0.3, -0.25) is 9.69 Å². The minimum atomic E-state index is -0.825. The van der Waals surface area contributed by atoms with Crippen molar-refractivity contribution >= 4 is 5.97 Å². The van der Waals surface area contributed by atoms with Crippen molar-refractivity contribution in [2.45, 2.75) is 19.5 Å². The van der Waals surface area contributed by atoms with Crippen molar-refractivity contribution in [2.24, 2.45) is 0 Å². The van der Waals surface area contributed by atoms with Gasteiger partial charge < -0.3 is 9.52 Å². The summed E-state index contributed by atoms with van der Waals surface area (Å²) in [5, 5.41) is 8.71. The molecular weight excluding hydrogens is 170 g/mol. The van der Waals surface area contributed by atoms with Crippen molar-refractivity contribution in [1.82, 2.24) is 4.90 Å². The number of carboxylic acid groups (broad SMARTS) is 1. The third-order valence-corrected chi connectivity index (χ3v) is 2.00. The fourth-order valence-electron chi connectivity index (χ4n) is 0.974. The number of furan rings is 1. The fraction of sp³-hybridized carbons (Fsp3) is 0.444. The summed E-state index contributed by atoms with van der Waals surface area (Å²) in [5.41, 5.74) is 0. The first-order valence-electron chi connectivity index (χ1n) is 4.06. The zero-order valence-electron chi connectivity index (χ0n) is 7.73. The van der Waals surface area contributed by atoms with Crippen LogP contribution in [0.1, 0.15) is 12.7 Å². The van der Waals surface area contributed by atoms with Crippen LogP contribution in [0.15, 0.2) is 22.8 Å². The molecule has 0 saturated carbocycles. The van der Waals surface area contributed by atoms with E-state index in [1.807, 2.05) is 6.07 Å². The molecule has 0 spiro atoms. The Morgan fingerprint density at radius 1 is 1.77 bits per heavy atom. The summed E-state index contributed by atoms with van der Waals surface area (Å²) in [6.07, 6.45) is 1.58. The van der Waals surface area contributed by atoms with Gasteiger partial charge in [0, 0.05) is 0 Å². The van der Waals surface area contributed by atoms with Crippen LogP contribution >= 0.6 is 0 Å². The van der Waals surface area contributed by atoms with Gasteiger partial charge in [0.25, 0.3) is 0 Å². The second-order valence-electron chi connectivity index (χ2n) is 3.01. The maximum absolute atomic E-state index is 10.6. The Labute approximate surface area is 76.8 Å². The molecule has 0 bridgehead atoms. The van der Waals surface area contributed by atoms with Gasteiger partial charge in [0.05, 0.1) is 12.8 Å². The molecule has 0 radical (unpaired) electrons. The normalized spacial score (nSPS) is 13.2. The standard InChI is InChI=1S/C9H13NO3/c1-7(9(11)12)10(2)6-8-4-3-5-13-8/h3-5,7H,6H2,1-2H3,(H,11,12). The van der Waals surface area contributed by atoms with Gasteiger partial charge in [-0.1, -0.05) is 0 Å². The Kier molecular flexibility index (Phi) is 3.08. The molecule has 1 unspecified atom stereocenters. The number of hydrogen-bond donors (Lipinski definition) is 1. The Balaban J connectivity index is 2.50. The first-order valence-corrected chi connectivity index (χ1v) is 4.06. The van der Waals surface area contributed by atoms with Crippen LogP contribution in [0.3, 0.4) is 0 Å². The van der Waals surface area contributed by atoms with E-state index in [0.717, 1.165) is 5.76 Å². The SMILES string of the molecule is CC(C(=O)O)N(C)Cc1ccco1. The molecule has 0 aromatic carbocycles. The zero-order chi connectivity index (χ0) is 9.84. The number of carboxylic acids is 1. The molecule has 1 N–H and O–H groups in total. The summed E-state index contributed by atoms with van der Waals surface area (Å²) < 4.78 is 5.10. The number of rotatable bonds is 4. The number of carbonyl (C=O) groups is 1. The molecule has 1 heterocycles. The Hall–Kier alpha value is -1.29. The highest BCUT2D eigenvalue weighted by atomic mass is 16.4. The predicted octanol–water partition coefficient (Wildman–Crippen LogP) is 1.18. The molecule has 1 rings (SSSR count). The second-order valence-corrected chi connectivity index (χ2v) is 3.01. The van der Waals surface area contributed by atoms with Crippen molar-refractivity contribution in [3.05, 3.63) is 24.2 Å². The molecule has 0 aliphatic heterocycles. The van der Waals surface area contributed by atoms with Gasteiger partial charge in [-0.15, -0.1) is 0 Å². The number of likely N-dealkylation sites (N-methyl/N-ethyl adjacent to an activating group) is 1. The van der Waals surface area contributed by atoms with Crippen LogP contribution in [0, 0.1) is 0 Å². The average molecular weight is 183 g/mol. The quantitative estimate of drug-likeness (QED) is 0.761. The minimum absolute atomic E-state index is 0.495. The molecule has 4 nitrogen and oxygen atoms in total. The van der Waals surface area contributed by atoms with Crippen LogP contribution in [-0.4, -0.2) is 29.1 Å². The first-order chi connectivity index (χ1) is 6.11. The molecule has 0 aliphatic carbocycles. The summed E-state index contributed by atoms with van der Waals surface area (Å²) in [7, 11) is 1.75. The lowest BCUT2D eigenvalue weighted by atomic mass is 10.3. The molecule has 4 heteroatoms. The fourth-order valence-corrected chi connectivity index (χ4v) is 0.974. The largest absolute Gasteiger partial charge is 0.480 e. The van der Waals surface area contributed by atoms with Crippen LogP contribution in [0.4, 0.5) is 0 Å². The van der Waals surface area contributed by atoms with Crippen LogP contribution in [-0.2, 0) is 11.3 Å². The summed E-state index contributed by atoms with van der Waals surface area (Å²) in [4.78, 5) is 12.3. The smallest absolute Gasteiger partial charge is 0.320 e. The maximum atomic E-state index is 10.6. The Morgan fingerprint density at radius 3 is 2.92 bits per heavy atom. The van der Waals surface area contributed by atoms with Gasteiger partial charge in [-0.05, 0) is 26.1 Å². The molecule has 72 valence electrons. The summed E-state index contributed by atoms with van der Waals surface area (Å²) in [5.74, 6) is -0.0512. The highest BCUT2D eigenvalue weighted by molar-refractivity contribution is 5.72. The van der Waals surface area contributed by atoms with E-state index in [9.17, 15) is 4.79 Å². The maximum Gasteiger partial charge on any atom is 0.320 e. The van der Waals surface area contributed by atoms with Crippen LogP contribution < -0.4 is 0 Å². The Morgan fingerprint density at radius 2 is 2.46 bits per heavy atom. The molecule has 0 fully saturated rings. The molecule has 13 heavy (non-hydrogen) atoms. The van der Waals surface area contributed by atoms with Crippen molar-refractivity contribution in [3.63, 3.8) is 0 Å². The van der Waals surface area contributed by atoms with E-state index in [4.69, 9.17) is 9.52 Å². The van der Waals surface area contributed by atoms with E-state index in [0.29, 0.717) is 6.54 Å². The molecule has 1 atom stereocenters. The van der Waals surface area contributed by atoms with Gasteiger partial charge in [0.1, 0.15) is 11.8 Å². The summed E-state index contributed by atoms with van der Waals surface area (Å²) in [6, 6.07) is 3.12. The number of hydrogen-bond acceptors (Lipinski definition) is 3. The van der Waals surface area contributed by atoms with Gasteiger partial charge in [0.15, 0.2) is 0 Å². The lowest BCUT2D eigenvalue weighted by Crippen LogP contribution is -2.35. The highest BCUT2D eigenvalue weighted by Gasteiger charge is 2.17. The minimum Gasteiger partial charge on any atom is -0.480 e. The van der Waals surface area contributed by atoms with Crippen LogP contribution in [0.2, 0.25) is 0 Å². The highest BCUT2D eigenvalue weighted by Crippen LogP contribution is 2.06. The van der Waals surface area contributed by atoms with E-state index >= 15 is 0 Å². The van der Waals surface area contributed by atoms with E-state index in [2.05, 4.69) is 0 Å². The Bertz CT molecular complexity index is 268. The molecule has 1 aromatic heterocycles. The van der Waals surface area contributed by atoms with Crippen molar-refractivity contribution < 1.29 is 14.3 Å². The average Bonchev–Trinajstić information content (AvgIpc) is 2.55. The van der Waals surface area contributed by atoms with Crippen LogP contribution in [0.5, 0.6) is 0 Å². The van der Waals surface area contributed by atoms with E-state index in [-0.39, 0.29) is 0 Å². The van der Waals surface area contributed by atoms with E-state index in [1.54, 1.807) is 31.2 Å². The van der Waals surface area contributed by atoms with Crippen molar-refractivity contribution in [2.75, 3.05) is 7.05 Å². The lowest BCUT2D eigenvalue weighted by Gasteiger charge is -2.19. The molecule has 1 aromatic rings. The van der Waals surface area contributed by atoms with Crippen LogP contribution in [0.25, 0.3) is 0 Å². The van der Waals surface area contributed by atoms with Gasteiger partial charge in [0.2, 0.25) is 0 Å². The first kappa shape index (κ1) is 9.80. The molecule has 0 amide bonds. The van der Waals surface area contributed by atoms with Gasteiger partial charge >= 0.3 is 5.97 Å². The molecular formula is C9H13NO3. The van der Waals surface area contributed by atoms with E-state index in [1.165, 1.54) is 0 Å².